The first kappa shape index (κ1) is 65.3. The van der Waals surface area contributed by atoms with Crippen LogP contribution in [-0.2, 0) is 0 Å². The third-order valence-electron chi connectivity index (χ3n) is 11.2. The Kier molecular flexibility index (Phi) is 25.5. The Bertz CT molecular complexity index is 4500. The van der Waals surface area contributed by atoms with Crippen molar-refractivity contribution in [1.82, 2.24) is 58.1 Å². The predicted molar refractivity (Wildman–Crippen MR) is 326 cm³/mol. The molecule has 1 N–H and O–H groups in total. The molecule has 0 spiro atoms. The molecule has 13 heterocycles. The second-order valence-corrected chi connectivity index (χ2v) is 18.2. The maximum Gasteiger partial charge on any atom is 1.00 e. The van der Waals surface area contributed by atoms with Crippen LogP contribution < -0.4 is 35.0 Å². The molecule has 0 fully saturated rings. The molecule has 0 radical (unpaired) electrons. The van der Waals surface area contributed by atoms with Crippen LogP contribution in [0, 0.1) is 65.2 Å². The fraction of sp³-hybridized carbons (Fsp3) is 0.0820. The molecule has 0 saturated carbocycles. The number of aromatic amines is 1. The van der Waals surface area contributed by atoms with Gasteiger partial charge >= 0.3 is 29.6 Å². The second-order valence-electron chi connectivity index (χ2n) is 16.5. The summed E-state index contributed by atoms with van der Waals surface area (Å²) in [6.45, 7) is 6.91. The summed E-state index contributed by atoms with van der Waals surface area (Å²) in [5, 5.41) is 14.3. The van der Waals surface area contributed by atoms with E-state index in [1.165, 1.54) is 24.5 Å². The summed E-state index contributed by atoms with van der Waals surface area (Å²) in [7, 11) is 0.500. The quantitative estimate of drug-likeness (QED) is 0.0758. The minimum Gasteiger partial charge on any atom is -0.461 e. The molecule has 0 bridgehead atoms. The third-order valence-corrected chi connectivity index (χ3v) is 12.4. The number of aromatic nitrogens is 12. The van der Waals surface area contributed by atoms with Gasteiger partial charge in [0, 0.05) is 126 Å². The number of nitrogens with zero attached hydrogens (tertiary/aromatic N) is 12. The molecule has 84 heavy (non-hydrogen) atoms. The van der Waals surface area contributed by atoms with Crippen molar-refractivity contribution in [2.75, 3.05) is 7.18 Å². The molecule has 0 aromatic carbocycles. The molecule has 416 valence electrons. The molecular formula is C61H47Br2F3N13NaO4. The van der Waals surface area contributed by atoms with E-state index in [0.717, 1.165) is 77.3 Å². The largest absolute Gasteiger partial charge is 1.00 e. The molecule has 0 saturated heterocycles. The molecule has 17 nitrogen and oxygen atoms in total. The maximum atomic E-state index is 13.9. The number of alkyl halides is 1. The molecule has 0 unspecified atom stereocenters. The molecule has 0 aliphatic heterocycles. The van der Waals surface area contributed by atoms with Crippen LogP contribution >= 0.6 is 31.9 Å². The number of nitrogens with one attached hydrogen (secondary N) is 1. The Hall–Kier alpha value is -9.47. The first-order valence-electron chi connectivity index (χ1n) is 24.2. The third kappa shape index (κ3) is 16.6. The van der Waals surface area contributed by atoms with Gasteiger partial charge in [0.1, 0.15) is 46.2 Å². The summed E-state index contributed by atoms with van der Waals surface area (Å²) >= 11 is 6.26. The molecule has 0 amide bonds. The number of H-pyrrole nitrogens is 1. The Morgan fingerprint density at radius 1 is 0.583 bits per heavy atom. The molecule has 0 aliphatic rings. The van der Waals surface area contributed by atoms with Crippen molar-refractivity contribution in [3.63, 3.8) is 0 Å². The average Bonchev–Trinajstić information content (AvgIpc) is 4.31. The number of aryl methyl sites for hydroxylation is 1. The fourth-order valence-electron chi connectivity index (χ4n) is 7.79. The van der Waals surface area contributed by atoms with E-state index in [-0.39, 0.29) is 46.6 Å². The Morgan fingerprint density at radius 3 is 1.42 bits per heavy atom. The second kappa shape index (κ2) is 32.8. The zero-order chi connectivity index (χ0) is 59.8. The number of rotatable bonds is 4. The average molecular weight is 1270 g/mol. The van der Waals surface area contributed by atoms with Crippen molar-refractivity contribution in [3.05, 3.63) is 230 Å². The number of terminal acetylenes is 2. The van der Waals surface area contributed by atoms with Crippen molar-refractivity contribution in [2.24, 2.45) is 5.34 Å². The van der Waals surface area contributed by atoms with E-state index in [4.69, 9.17) is 14.5 Å². The number of fused-ring (bicyclic) bond motifs is 5. The van der Waals surface area contributed by atoms with Gasteiger partial charge in [0.2, 0.25) is 0 Å². The Balaban J connectivity index is 0.000000193. The van der Waals surface area contributed by atoms with E-state index < -0.39 is 0 Å². The molecule has 13 aromatic heterocycles. The fourth-order valence-corrected chi connectivity index (χ4v) is 8.24. The Morgan fingerprint density at radius 2 is 0.988 bits per heavy atom. The molecular weight excluding hydrogens is 1220 g/mol. The van der Waals surface area contributed by atoms with Crippen LogP contribution in [-0.4, -0.2) is 65.3 Å². The van der Waals surface area contributed by atoms with Crippen LogP contribution in [0.1, 0.15) is 32.1 Å². The van der Waals surface area contributed by atoms with Crippen molar-refractivity contribution >= 4 is 86.4 Å². The van der Waals surface area contributed by atoms with Crippen LogP contribution in [0.15, 0.2) is 202 Å². The topological polar surface area (TPSA) is 208 Å². The minimum atomic E-state index is -0.370. The van der Waals surface area contributed by atoms with E-state index in [1.807, 2.05) is 108 Å². The van der Waals surface area contributed by atoms with Crippen molar-refractivity contribution in [1.29, 1.82) is 0 Å². The van der Waals surface area contributed by atoms with Gasteiger partial charge in [0.15, 0.2) is 5.43 Å². The summed E-state index contributed by atoms with van der Waals surface area (Å²) < 4.78 is 50.9. The summed E-state index contributed by atoms with van der Waals surface area (Å²) in [6, 6.07) is 23.9. The number of hydrogen-bond acceptors (Lipinski definition) is 12. The summed E-state index contributed by atoms with van der Waals surface area (Å²) in [4.78, 5) is 51.9. The number of halogens is 5. The first-order chi connectivity index (χ1) is 40.4. The van der Waals surface area contributed by atoms with Gasteiger partial charge in [-0.2, -0.15) is 0 Å². The van der Waals surface area contributed by atoms with Gasteiger partial charge < -0.3 is 24.1 Å². The van der Waals surface area contributed by atoms with Crippen LogP contribution in [0.4, 0.5) is 13.2 Å². The van der Waals surface area contributed by atoms with Gasteiger partial charge in [0.05, 0.1) is 68.5 Å². The maximum absolute atomic E-state index is 13.9. The summed E-state index contributed by atoms with van der Waals surface area (Å²) in [5.74, 6) is 12.6. The molecule has 13 aromatic rings. The SMILES string of the molecule is C#CC.C#CC.CC#Cc1cnc(-n2ccc3ccncc32)cc1F.CF.Cc1cc2cnc(-n3ccc4ccncc43)cc2o1.Fc1cc(-n2ccc3ccncc32)ncc1Br.O=N[O-].O=c1cc(-n2ccc3ccncc32)[nH]cc1Br.[Na+]. The van der Waals surface area contributed by atoms with Gasteiger partial charge in [0.25, 0.3) is 0 Å². The summed E-state index contributed by atoms with van der Waals surface area (Å²) in [5.41, 5.74) is 4.91. The van der Waals surface area contributed by atoms with Crippen LogP contribution in [0.2, 0.25) is 0 Å². The number of furan rings is 1. The van der Waals surface area contributed by atoms with Gasteiger partial charge in [-0.3, -0.25) is 42.8 Å². The van der Waals surface area contributed by atoms with Crippen molar-refractivity contribution in [2.45, 2.75) is 27.7 Å². The van der Waals surface area contributed by atoms with Gasteiger partial charge in [-0.15, -0.1) is 35.9 Å². The van der Waals surface area contributed by atoms with Gasteiger partial charge in [-0.1, -0.05) is 5.92 Å². The number of hydrogen-bond donors (Lipinski definition) is 1. The molecule has 0 atom stereocenters. The standard InChI is InChI=1S/C15H10FN3.C15H11N3O.C12H7BrFN3.C12H8BrN3O.2C3H4.CH3F.HNO2.Na/c1-2-3-12-9-18-15(8-13(12)16)19-7-5-11-4-6-17-10-14(11)19;1-10-6-12-8-17-15(7-14(12)19-10)18-5-3-11-2-4-16-9-13(11)18;13-9-6-16-12(5-10(9)14)17-4-2-8-1-3-15-7-11(8)17;13-9-6-15-12(5-11(9)17)16-4-2-8-1-3-14-7-10(8)16;2*1-3-2;1-2;2-1-3;/h4-10H,1H3;2-9H,1H3;1-7H;1-7H,(H,15,17);2*1H,2H3;1H3;(H,2,3);/q;;;;;;;;+1/p-1. The zero-order valence-corrected chi connectivity index (χ0v) is 51.0. The van der Waals surface area contributed by atoms with Crippen LogP contribution in [0.25, 0.3) is 77.9 Å². The van der Waals surface area contributed by atoms with Crippen LogP contribution in [0.3, 0.4) is 0 Å². The minimum absolute atomic E-state index is 0. The predicted octanol–water partition coefficient (Wildman–Crippen LogP) is 11.3. The van der Waals surface area contributed by atoms with E-state index in [0.29, 0.717) is 33.3 Å². The number of pyridine rings is 8. The van der Waals surface area contributed by atoms with Gasteiger partial charge in [-0.05, 0) is 114 Å². The summed E-state index contributed by atoms with van der Waals surface area (Å²) in [6.07, 6.45) is 37.2. The Labute approximate surface area is 518 Å². The zero-order valence-electron chi connectivity index (χ0n) is 45.8. The van der Waals surface area contributed by atoms with Crippen LogP contribution in [0.5, 0.6) is 0 Å². The monoisotopic (exact) mass is 1260 g/mol. The molecule has 0 aliphatic carbocycles. The van der Waals surface area contributed by atoms with Gasteiger partial charge in [-0.25, -0.2) is 23.7 Å². The van der Waals surface area contributed by atoms with Crippen molar-refractivity contribution in [3.8, 4) is 59.8 Å². The molecule has 13 rings (SSSR count). The normalized spacial score (nSPS) is 9.71. The van der Waals surface area contributed by atoms with E-state index in [2.05, 4.69) is 114 Å². The van der Waals surface area contributed by atoms with E-state index in [1.54, 1.807) is 85.5 Å². The van der Waals surface area contributed by atoms with E-state index in [9.17, 15) is 18.0 Å². The van der Waals surface area contributed by atoms with Crippen molar-refractivity contribution < 1.29 is 47.1 Å². The first-order valence-corrected chi connectivity index (χ1v) is 25.8. The molecule has 23 heteroatoms. The smallest absolute Gasteiger partial charge is 0.461 e. The van der Waals surface area contributed by atoms with E-state index >= 15 is 0 Å².